The molecule has 0 bridgehead atoms. The first-order valence-electron chi connectivity index (χ1n) is 8.21. The van der Waals surface area contributed by atoms with Gasteiger partial charge in [-0.2, -0.15) is 0 Å². The molecular weight excluding hydrogens is 328 g/mol. The van der Waals surface area contributed by atoms with Gasteiger partial charge in [0.25, 0.3) is 10.0 Å². The lowest BCUT2D eigenvalue weighted by Gasteiger charge is -2.32. The molecule has 0 aliphatic heterocycles. The molecule has 1 aliphatic rings. The Morgan fingerprint density at radius 1 is 1.17 bits per heavy atom. The molecule has 1 fully saturated rings. The number of carbonyl (C=O) groups excluding carboxylic acids is 1. The summed E-state index contributed by atoms with van der Waals surface area (Å²) in [7, 11) is -3.95. The van der Waals surface area contributed by atoms with Crippen molar-refractivity contribution in [1.29, 1.82) is 0 Å². The van der Waals surface area contributed by atoms with E-state index < -0.39 is 21.7 Å². The largest absolute Gasteiger partial charge is 0.427 e. The number of hydrogen-bond acceptors (Lipinski definition) is 4. The average molecular weight is 354 g/mol. The molecule has 0 saturated heterocycles. The van der Waals surface area contributed by atoms with Crippen LogP contribution in [0.15, 0.2) is 29.2 Å². The van der Waals surface area contributed by atoms with Crippen LogP contribution in [0.25, 0.3) is 0 Å². The summed E-state index contributed by atoms with van der Waals surface area (Å²) in [5.41, 5.74) is 0.0488. The molecule has 1 N–H and O–H groups in total. The Morgan fingerprint density at radius 3 is 2.21 bits per heavy atom. The van der Waals surface area contributed by atoms with Gasteiger partial charge in [-0.15, -0.1) is 0 Å². The molecule has 1 aromatic rings. The van der Waals surface area contributed by atoms with Crippen molar-refractivity contribution < 1.29 is 18.0 Å². The van der Waals surface area contributed by atoms with E-state index in [4.69, 9.17) is 4.84 Å². The number of sulfonamides is 1. The maximum absolute atomic E-state index is 12.9. The van der Waals surface area contributed by atoms with Crippen molar-refractivity contribution in [2.75, 3.05) is 0 Å². The molecule has 0 heterocycles. The minimum Gasteiger partial charge on any atom is -0.335 e. The standard InChI is InChI=1S/C17H26N2O4S/c1-13-9-11-15(12-10-13)24(21,22)19(17(2,3)4)23-16(20)18-14-7-5-6-8-14/h9-12,14H,5-8H2,1-4H3,(H,18,20). The summed E-state index contributed by atoms with van der Waals surface area (Å²) in [6.07, 6.45) is 3.20. The van der Waals surface area contributed by atoms with Gasteiger partial charge in [-0.3, -0.25) is 0 Å². The quantitative estimate of drug-likeness (QED) is 0.841. The fraction of sp³-hybridized carbons (Fsp3) is 0.588. The van der Waals surface area contributed by atoms with Gasteiger partial charge in [0.05, 0.1) is 10.4 Å². The molecule has 1 aliphatic carbocycles. The SMILES string of the molecule is Cc1ccc(S(=O)(=O)N(OC(=O)NC2CCCC2)C(C)(C)C)cc1. The number of nitrogens with one attached hydrogen (secondary N) is 1. The molecule has 1 saturated carbocycles. The van der Waals surface area contributed by atoms with E-state index in [-0.39, 0.29) is 10.9 Å². The zero-order valence-electron chi connectivity index (χ0n) is 14.7. The van der Waals surface area contributed by atoms with Crippen LogP contribution in [0.4, 0.5) is 4.79 Å². The molecule has 1 aromatic carbocycles. The van der Waals surface area contributed by atoms with Crippen molar-refractivity contribution >= 4 is 16.1 Å². The van der Waals surface area contributed by atoms with Crippen molar-refractivity contribution in [2.45, 2.75) is 69.9 Å². The Balaban J connectivity index is 2.21. The van der Waals surface area contributed by atoms with Gasteiger partial charge in [0.1, 0.15) is 0 Å². The lowest BCUT2D eigenvalue weighted by Crippen LogP contribution is -2.49. The number of aryl methyl sites for hydroxylation is 1. The van der Waals surface area contributed by atoms with E-state index >= 15 is 0 Å². The van der Waals surface area contributed by atoms with Gasteiger partial charge in [0, 0.05) is 6.04 Å². The van der Waals surface area contributed by atoms with Crippen LogP contribution in [-0.2, 0) is 14.9 Å². The van der Waals surface area contributed by atoms with Crippen LogP contribution in [0.1, 0.15) is 52.0 Å². The van der Waals surface area contributed by atoms with E-state index in [9.17, 15) is 13.2 Å². The van der Waals surface area contributed by atoms with Gasteiger partial charge >= 0.3 is 6.09 Å². The summed E-state index contributed by atoms with van der Waals surface area (Å²) in [4.78, 5) is 17.5. The number of amides is 1. The minimum absolute atomic E-state index is 0.0568. The Labute approximate surface area is 144 Å². The molecule has 0 atom stereocenters. The lowest BCUT2D eigenvalue weighted by molar-refractivity contribution is -0.0795. The average Bonchev–Trinajstić information content (AvgIpc) is 2.97. The first-order valence-corrected chi connectivity index (χ1v) is 9.65. The first kappa shape index (κ1) is 18.7. The topological polar surface area (TPSA) is 75.7 Å². The van der Waals surface area contributed by atoms with Crippen LogP contribution in [0, 0.1) is 6.92 Å². The van der Waals surface area contributed by atoms with E-state index in [1.807, 2.05) is 6.92 Å². The van der Waals surface area contributed by atoms with Crippen LogP contribution in [0.5, 0.6) is 0 Å². The predicted molar refractivity (Wildman–Crippen MR) is 91.8 cm³/mol. The molecule has 0 radical (unpaired) electrons. The normalized spacial score (nSPS) is 16.4. The fourth-order valence-electron chi connectivity index (χ4n) is 2.69. The number of rotatable bonds is 4. The highest BCUT2D eigenvalue weighted by Crippen LogP contribution is 2.25. The van der Waals surface area contributed by atoms with Crippen LogP contribution < -0.4 is 5.32 Å². The van der Waals surface area contributed by atoms with Gasteiger partial charge in [-0.1, -0.05) is 30.5 Å². The Hall–Kier alpha value is -1.60. The van der Waals surface area contributed by atoms with Gasteiger partial charge < -0.3 is 10.2 Å². The van der Waals surface area contributed by atoms with Crippen molar-refractivity contribution in [2.24, 2.45) is 0 Å². The molecule has 1 amide bonds. The highest BCUT2D eigenvalue weighted by atomic mass is 32.2. The van der Waals surface area contributed by atoms with Gasteiger partial charge in [-0.05, 0) is 57.1 Å². The van der Waals surface area contributed by atoms with Crippen molar-refractivity contribution in [3.63, 3.8) is 0 Å². The van der Waals surface area contributed by atoms with Gasteiger partial charge in [0.2, 0.25) is 0 Å². The zero-order chi connectivity index (χ0) is 18.0. The molecule has 7 heteroatoms. The monoisotopic (exact) mass is 354 g/mol. The molecule has 24 heavy (non-hydrogen) atoms. The minimum atomic E-state index is -3.95. The third kappa shape index (κ3) is 4.48. The summed E-state index contributed by atoms with van der Waals surface area (Å²) in [6, 6.07) is 6.52. The Kier molecular flexibility index (Phi) is 5.55. The van der Waals surface area contributed by atoms with E-state index in [1.165, 1.54) is 12.1 Å². The molecule has 2 rings (SSSR count). The van der Waals surface area contributed by atoms with Gasteiger partial charge in [0.15, 0.2) is 0 Å². The number of hydroxylamine groups is 1. The van der Waals surface area contributed by atoms with Crippen LogP contribution in [0.2, 0.25) is 0 Å². The zero-order valence-corrected chi connectivity index (χ0v) is 15.5. The van der Waals surface area contributed by atoms with E-state index in [2.05, 4.69) is 5.32 Å². The lowest BCUT2D eigenvalue weighted by atomic mass is 10.1. The third-order valence-corrected chi connectivity index (χ3v) is 5.85. The third-order valence-electron chi connectivity index (χ3n) is 3.93. The number of hydrogen-bond donors (Lipinski definition) is 1. The predicted octanol–water partition coefficient (Wildman–Crippen LogP) is 3.37. The van der Waals surface area contributed by atoms with Crippen LogP contribution >= 0.6 is 0 Å². The molecule has 134 valence electrons. The Morgan fingerprint density at radius 2 is 1.71 bits per heavy atom. The highest BCUT2D eigenvalue weighted by molar-refractivity contribution is 7.89. The number of nitrogens with zero attached hydrogens (tertiary/aromatic N) is 1. The molecule has 0 unspecified atom stereocenters. The van der Waals surface area contributed by atoms with Gasteiger partial charge in [-0.25, -0.2) is 13.2 Å². The first-order chi connectivity index (χ1) is 11.1. The highest BCUT2D eigenvalue weighted by Gasteiger charge is 2.38. The van der Waals surface area contributed by atoms with Crippen molar-refractivity contribution in [1.82, 2.24) is 9.79 Å². The number of benzene rings is 1. The molecule has 6 nitrogen and oxygen atoms in total. The van der Waals surface area contributed by atoms with Crippen LogP contribution in [-0.4, -0.2) is 30.6 Å². The maximum Gasteiger partial charge on any atom is 0.427 e. The summed E-state index contributed by atoms with van der Waals surface area (Å²) in [5, 5.41) is 2.75. The summed E-state index contributed by atoms with van der Waals surface area (Å²) in [6.45, 7) is 6.92. The molecule has 0 spiro atoms. The van der Waals surface area contributed by atoms with Crippen LogP contribution in [0.3, 0.4) is 0 Å². The summed E-state index contributed by atoms with van der Waals surface area (Å²) < 4.78 is 26.6. The number of carbonyl (C=O) groups is 1. The fourth-order valence-corrected chi connectivity index (χ4v) is 4.25. The smallest absolute Gasteiger partial charge is 0.335 e. The summed E-state index contributed by atoms with van der Waals surface area (Å²) in [5.74, 6) is 0. The molecular formula is C17H26N2O4S. The second kappa shape index (κ2) is 7.11. The van der Waals surface area contributed by atoms with E-state index in [1.54, 1.807) is 32.9 Å². The second-order valence-corrected chi connectivity index (χ2v) is 8.97. The van der Waals surface area contributed by atoms with E-state index in [0.29, 0.717) is 0 Å². The van der Waals surface area contributed by atoms with E-state index in [0.717, 1.165) is 35.7 Å². The maximum atomic E-state index is 12.9. The van der Waals surface area contributed by atoms with Crippen molar-refractivity contribution in [3.8, 4) is 0 Å². The summed E-state index contributed by atoms with van der Waals surface area (Å²) >= 11 is 0. The second-order valence-electron chi connectivity index (χ2n) is 7.22. The Bertz CT molecular complexity index is 672. The van der Waals surface area contributed by atoms with Crippen molar-refractivity contribution in [3.05, 3.63) is 29.8 Å². The molecule has 0 aromatic heterocycles.